The molecule has 2 bridgehead atoms. The molecule has 0 spiro atoms. The molecule has 1 aromatic rings. The van der Waals surface area contributed by atoms with Gasteiger partial charge in [-0.25, -0.2) is 9.69 Å². The molecule has 0 radical (unpaired) electrons. The van der Waals surface area contributed by atoms with Crippen LogP contribution in [-0.2, 0) is 14.3 Å². The van der Waals surface area contributed by atoms with Crippen LogP contribution < -0.4 is 4.90 Å². The number of rotatable bonds is 3. The SMILES string of the molecule is CCOC(=O)c1ccc(N2C(=O)[C@H]3[C@@H]4C=C[C@H](C4)[C@@]3(C)C2=O)cc1. The van der Waals surface area contributed by atoms with E-state index in [-0.39, 0.29) is 29.6 Å². The smallest absolute Gasteiger partial charge is 0.338 e. The zero-order valence-electron chi connectivity index (χ0n) is 13.7. The Bertz CT molecular complexity index is 766. The van der Waals surface area contributed by atoms with Crippen LogP contribution in [0.2, 0.25) is 0 Å². The minimum absolute atomic E-state index is 0.122. The maximum atomic E-state index is 13.0. The van der Waals surface area contributed by atoms with Gasteiger partial charge in [0, 0.05) is 0 Å². The standard InChI is InChI=1S/C19H19NO4/c1-3-24-17(22)11-5-8-14(9-6-11)20-16(21)15-12-4-7-13(10-12)19(15,2)18(20)23/h4-9,12-13,15H,3,10H2,1-2H3/t12-,13-,15-,19-/m1/s1. The fourth-order valence-electron chi connectivity index (χ4n) is 4.51. The Hall–Kier alpha value is -2.43. The molecule has 0 aromatic heterocycles. The first-order valence-corrected chi connectivity index (χ1v) is 8.32. The van der Waals surface area contributed by atoms with E-state index in [4.69, 9.17) is 4.74 Å². The van der Waals surface area contributed by atoms with E-state index in [2.05, 4.69) is 12.2 Å². The van der Waals surface area contributed by atoms with E-state index in [1.165, 1.54) is 4.90 Å². The molecule has 2 amide bonds. The number of carbonyl (C=O) groups is 3. The van der Waals surface area contributed by atoms with Crippen LogP contribution >= 0.6 is 0 Å². The summed E-state index contributed by atoms with van der Waals surface area (Å²) in [5.74, 6) is -0.603. The zero-order valence-corrected chi connectivity index (χ0v) is 13.7. The number of esters is 1. The number of hydrogen-bond donors (Lipinski definition) is 0. The van der Waals surface area contributed by atoms with E-state index in [9.17, 15) is 14.4 Å². The number of imide groups is 1. The summed E-state index contributed by atoms with van der Waals surface area (Å²) in [6.45, 7) is 3.97. The van der Waals surface area contributed by atoms with Gasteiger partial charge in [0.15, 0.2) is 0 Å². The number of amides is 2. The van der Waals surface area contributed by atoms with Crippen molar-refractivity contribution in [2.24, 2.45) is 23.2 Å². The number of allylic oxidation sites excluding steroid dienone is 2. The first-order valence-electron chi connectivity index (χ1n) is 8.32. The van der Waals surface area contributed by atoms with Crippen molar-refractivity contribution in [2.45, 2.75) is 20.3 Å². The highest BCUT2D eigenvalue weighted by Crippen LogP contribution is 2.60. The third-order valence-electron chi connectivity index (χ3n) is 5.75. The molecule has 0 N–H and O–H groups in total. The molecule has 2 fully saturated rings. The summed E-state index contributed by atoms with van der Waals surface area (Å²) in [6, 6.07) is 6.47. The molecule has 3 aliphatic rings. The summed E-state index contributed by atoms with van der Waals surface area (Å²) in [7, 11) is 0. The Morgan fingerprint density at radius 3 is 2.58 bits per heavy atom. The summed E-state index contributed by atoms with van der Waals surface area (Å²) in [6.07, 6.45) is 5.06. The average molecular weight is 325 g/mol. The molecule has 1 saturated heterocycles. The molecule has 4 rings (SSSR count). The van der Waals surface area contributed by atoms with Gasteiger partial charge in [0.1, 0.15) is 0 Å². The largest absolute Gasteiger partial charge is 0.462 e. The lowest BCUT2D eigenvalue weighted by Crippen LogP contribution is -2.37. The fourth-order valence-corrected chi connectivity index (χ4v) is 4.51. The fraction of sp³-hybridized carbons (Fsp3) is 0.421. The molecule has 124 valence electrons. The molecule has 24 heavy (non-hydrogen) atoms. The highest BCUT2D eigenvalue weighted by molar-refractivity contribution is 6.24. The van der Waals surface area contributed by atoms with Crippen molar-refractivity contribution in [1.29, 1.82) is 0 Å². The van der Waals surface area contributed by atoms with Crippen molar-refractivity contribution >= 4 is 23.5 Å². The van der Waals surface area contributed by atoms with E-state index in [1.807, 2.05) is 6.92 Å². The lowest BCUT2D eigenvalue weighted by Gasteiger charge is -2.28. The van der Waals surface area contributed by atoms with Crippen molar-refractivity contribution in [3.8, 4) is 0 Å². The molecular weight excluding hydrogens is 306 g/mol. The lowest BCUT2D eigenvalue weighted by molar-refractivity contribution is -0.127. The minimum atomic E-state index is -0.629. The van der Waals surface area contributed by atoms with Gasteiger partial charge in [-0.15, -0.1) is 0 Å². The van der Waals surface area contributed by atoms with Crippen molar-refractivity contribution in [2.75, 3.05) is 11.5 Å². The summed E-state index contributed by atoms with van der Waals surface area (Å²) < 4.78 is 4.95. The Kier molecular flexibility index (Phi) is 3.17. The van der Waals surface area contributed by atoms with Crippen LogP contribution in [0.25, 0.3) is 0 Å². The summed E-state index contributed by atoms with van der Waals surface area (Å²) >= 11 is 0. The van der Waals surface area contributed by atoms with Crippen LogP contribution in [0.1, 0.15) is 30.6 Å². The maximum absolute atomic E-state index is 13.0. The van der Waals surface area contributed by atoms with Crippen molar-refractivity contribution in [3.05, 3.63) is 42.0 Å². The highest BCUT2D eigenvalue weighted by Gasteiger charge is 2.67. The Morgan fingerprint density at radius 2 is 1.96 bits per heavy atom. The molecule has 4 atom stereocenters. The van der Waals surface area contributed by atoms with Crippen LogP contribution in [0.5, 0.6) is 0 Å². The summed E-state index contributed by atoms with van der Waals surface area (Å²) in [5, 5.41) is 0. The van der Waals surface area contributed by atoms with Gasteiger partial charge >= 0.3 is 5.97 Å². The van der Waals surface area contributed by atoms with Gasteiger partial charge < -0.3 is 4.74 Å². The highest BCUT2D eigenvalue weighted by atomic mass is 16.5. The number of benzene rings is 1. The molecule has 1 aliphatic heterocycles. The molecule has 2 aliphatic carbocycles. The van der Waals surface area contributed by atoms with Crippen LogP contribution in [0.15, 0.2) is 36.4 Å². The Morgan fingerprint density at radius 1 is 1.25 bits per heavy atom. The van der Waals surface area contributed by atoms with Gasteiger partial charge in [0.2, 0.25) is 11.8 Å². The van der Waals surface area contributed by atoms with Crippen LogP contribution in [0.4, 0.5) is 5.69 Å². The normalized spacial score (nSPS) is 33.2. The van der Waals surface area contributed by atoms with Crippen LogP contribution in [-0.4, -0.2) is 24.4 Å². The quantitative estimate of drug-likeness (QED) is 0.487. The molecule has 1 saturated carbocycles. The predicted octanol–water partition coefficient (Wildman–Crippen LogP) is 2.56. The van der Waals surface area contributed by atoms with E-state index >= 15 is 0 Å². The number of hydrogen-bond acceptors (Lipinski definition) is 4. The lowest BCUT2D eigenvalue weighted by atomic mass is 9.71. The topological polar surface area (TPSA) is 63.7 Å². The summed E-state index contributed by atoms with van der Waals surface area (Å²) in [4.78, 5) is 38.9. The molecular formula is C19H19NO4. The monoisotopic (exact) mass is 325 g/mol. The molecule has 1 heterocycles. The van der Waals surface area contributed by atoms with Crippen molar-refractivity contribution in [1.82, 2.24) is 0 Å². The average Bonchev–Trinajstić information content (AvgIpc) is 3.20. The van der Waals surface area contributed by atoms with E-state index in [0.717, 1.165) is 6.42 Å². The van der Waals surface area contributed by atoms with Crippen LogP contribution in [0.3, 0.4) is 0 Å². The van der Waals surface area contributed by atoms with Crippen molar-refractivity contribution in [3.63, 3.8) is 0 Å². The van der Waals surface area contributed by atoms with E-state index in [0.29, 0.717) is 17.9 Å². The molecule has 1 aromatic carbocycles. The van der Waals surface area contributed by atoms with Crippen LogP contribution in [0, 0.1) is 23.2 Å². The first-order chi connectivity index (χ1) is 11.5. The third-order valence-corrected chi connectivity index (χ3v) is 5.75. The maximum Gasteiger partial charge on any atom is 0.338 e. The van der Waals surface area contributed by atoms with Crippen molar-refractivity contribution < 1.29 is 19.1 Å². The summed E-state index contributed by atoms with van der Waals surface area (Å²) in [5.41, 5.74) is 0.303. The molecule has 0 unspecified atom stereocenters. The first kappa shape index (κ1) is 15.1. The number of fused-ring (bicyclic) bond motifs is 5. The second-order valence-electron chi connectivity index (χ2n) is 6.90. The molecule has 5 heteroatoms. The predicted molar refractivity (Wildman–Crippen MR) is 87.2 cm³/mol. The van der Waals surface area contributed by atoms with E-state index in [1.54, 1.807) is 31.2 Å². The second kappa shape index (κ2) is 5.03. The molecule has 5 nitrogen and oxygen atoms in total. The second-order valence-corrected chi connectivity index (χ2v) is 6.90. The third kappa shape index (κ3) is 1.78. The Labute approximate surface area is 140 Å². The number of carbonyl (C=O) groups excluding carboxylic acids is 3. The van der Waals surface area contributed by atoms with Gasteiger partial charge in [-0.3, -0.25) is 9.59 Å². The van der Waals surface area contributed by atoms with E-state index < -0.39 is 11.4 Å². The van der Waals surface area contributed by atoms with Gasteiger partial charge in [-0.05, 0) is 56.4 Å². The van der Waals surface area contributed by atoms with Gasteiger partial charge in [-0.1, -0.05) is 12.2 Å². The zero-order chi connectivity index (χ0) is 17.1. The van der Waals surface area contributed by atoms with Gasteiger partial charge in [-0.2, -0.15) is 0 Å². The number of anilines is 1. The number of nitrogens with zero attached hydrogens (tertiary/aromatic N) is 1. The number of ether oxygens (including phenoxy) is 1. The van der Waals surface area contributed by atoms with Gasteiger partial charge in [0.25, 0.3) is 0 Å². The minimum Gasteiger partial charge on any atom is -0.462 e. The van der Waals surface area contributed by atoms with Gasteiger partial charge in [0.05, 0.1) is 29.2 Å². The Balaban J connectivity index is 1.65.